The Morgan fingerprint density at radius 3 is 2.41 bits per heavy atom. The Bertz CT molecular complexity index is 771. The fourth-order valence-corrected chi connectivity index (χ4v) is 3.43. The lowest BCUT2D eigenvalue weighted by Crippen LogP contribution is -2.43. The number of hydrogen-bond acceptors (Lipinski definition) is 2. The van der Waals surface area contributed by atoms with Crippen LogP contribution in [0.4, 0.5) is 4.39 Å². The van der Waals surface area contributed by atoms with E-state index in [0.29, 0.717) is 38.9 Å². The first-order chi connectivity index (χ1) is 13.1. The van der Waals surface area contributed by atoms with Crippen LogP contribution < -0.4 is 5.32 Å². The molecule has 2 amide bonds. The summed E-state index contributed by atoms with van der Waals surface area (Å²) in [6, 6.07) is 16.2. The first kappa shape index (κ1) is 19.1. The summed E-state index contributed by atoms with van der Waals surface area (Å²) in [7, 11) is 0. The zero-order chi connectivity index (χ0) is 19.1. The summed E-state index contributed by atoms with van der Waals surface area (Å²) in [6.45, 7) is 1.56. The van der Waals surface area contributed by atoms with Crippen molar-refractivity contribution in [3.63, 3.8) is 0 Å². The van der Waals surface area contributed by atoms with Crippen molar-refractivity contribution in [1.82, 2.24) is 10.2 Å². The summed E-state index contributed by atoms with van der Waals surface area (Å²) in [6.07, 6.45) is 2.59. The predicted octanol–water partition coefficient (Wildman–Crippen LogP) is 3.31. The third-order valence-electron chi connectivity index (χ3n) is 5.04. The highest BCUT2D eigenvalue weighted by atomic mass is 19.1. The number of likely N-dealkylation sites (tertiary alicyclic amines) is 1. The molecule has 1 aliphatic rings. The maximum absolute atomic E-state index is 13.2. The van der Waals surface area contributed by atoms with Gasteiger partial charge in [-0.3, -0.25) is 9.59 Å². The maximum Gasteiger partial charge on any atom is 0.223 e. The van der Waals surface area contributed by atoms with Crippen LogP contribution >= 0.6 is 0 Å². The molecule has 142 valence electrons. The van der Waals surface area contributed by atoms with Gasteiger partial charge in [-0.25, -0.2) is 4.39 Å². The van der Waals surface area contributed by atoms with E-state index >= 15 is 0 Å². The summed E-state index contributed by atoms with van der Waals surface area (Å²) < 4.78 is 13.2. The van der Waals surface area contributed by atoms with Crippen LogP contribution in [-0.2, 0) is 22.6 Å². The monoisotopic (exact) mass is 368 g/mol. The number of halogens is 1. The largest absolute Gasteiger partial charge is 0.352 e. The lowest BCUT2D eigenvalue weighted by molar-refractivity contribution is -0.135. The van der Waals surface area contributed by atoms with Gasteiger partial charge in [-0.05, 0) is 42.5 Å². The predicted molar refractivity (Wildman–Crippen MR) is 102 cm³/mol. The minimum absolute atomic E-state index is 0.0179. The summed E-state index contributed by atoms with van der Waals surface area (Å²) >= 11 is 0. The second kappa shape index (κ2) is 9.31. The van der Waals surface area contributed by atoms with E-state index in [1.807, 2.05) is 35.2 Å². The van der Waals surface area contributed by atoms with Crippen molar-refractivity contribution in [2.45, 2.75) is 32.2 Å². The van der Waals surface area contributed by atoms with Gasteiger partial charge in [0.15, 0.2) is 0 Å². The van der Waals surface area contributed by atoms with Crippen molar-refractivity contribution in [2.75, 3.05) is 13.1 Å². The molecule has 1 aliphatic heterocycles. The van der Waals surface area contributed by atoms with E-state index in [0.717, 1.165) is 17.5 Å². The fraction of sp³-hybridized carbons (Fsp3) is 0.364. The fourth-order valence-electron chi connectivity index (χ4n) is 3.43. The average molecular weight is 368 g/mol. The molecule has 27 heavy (non-hydrogen) atoms. The molecule has 0 atom stereocenters. The topological polar surface area (TPSA) is 49.4 Å². The van der Waals surface area contributed by atoms with Crippen LogP contribution in [0.5, 0.6) is 0 Å². The van der Waals surface area contributed by atoms with Crippen LogP contribution in [0, 0.1) is 11.7 Å². The molecular formula is C22H25FN2O2. The van der Waals surface area contributed by atoms with E-state index in [4.69, 9.17) is 0 Å². The number of carbonyl (C=O) groups excluding carboxylic acids is 2. The highest BCUT2D eigenvalue weighted by Gasteiger charge is 2.26. The van der Waals surface area contributed by atoms with Gasteiger partial charge in [0.1, 0.15) is 5.82 Å². The van der Waals surface area contributed by atoms with E-state index in [1.54, 1.807) is 12.1 Å². The molecule has 0 unspecified atom stereocenters. The van der Waals surface area contributed by atoms with Crippen molar-refractivity contribution in [2.24, 2.45) is 5.92 Å². The van der Waals surface area contributed by atoms with Gasteiger partial charge in [0, 0.05) is 32.0 Å². The van der Waals surface area contributed by atoms with E-state index < -0.39 is 0 Å². The number of piperidine rings is 1. The molecule has 3 rings (SSSR count). The molecule has 2 aromatic carbocycles. The number of benzene rings is 2. The number of nitrogens with one attached hydrogen (secondary N) is 1. The van der Waals surface area contributed by atoms with Gasteiger partial charge in [0.2, 0.25) is 11.8 Å². The Hall–Kier alpha value is -2.69. The highest BCUT2D eigenvalue weighted by Crippen LogP contribution is 2.19. The lowest BCUT2D eigenvalue weighted by atomic mass is 9.95. The second-order valence-electron chi connectivity index (χ2n) is 6.99. The Labute approximate surface area is 159 Å². The standard InChI is InChI=1S/C22H25FN2O2/c23-20-8-4-7-18(15-20)16-24-22(27)19-11-13-25(14-12-19)21(26)10-9-17-5-2-1-3-6-17/h1-8,15,19H,9-14,16H2,(H,24,27). The third-order valence-corrected chi connectivity index (χ3v) is 5.04. The van der Waals surface area contributed by atoms with Crippen molar-refractivity contribution in [3.05, 3.63) is 71.5 Å². The molecule has 0 saturated carbocycles. The van der Waals surface area contributed by atoms with Gasteiger partial charge in [0.25, 0.3) is 0 Å². The van der Waals surface area contributed by atoms with Crippen LogP contribution in [0.15, 0.2) is 54.6 Å². The smallest absolute Gasteiger partial charge is 0.223 e. The average Bonchev–Trinajstić information content (AvgIpc) is 2.71. The number of rotatable bonds is 6. The van der Waals surface area contributed by atoms with Gasteiger partial charge in [-0.1, -0.05) is 42.5 Å². The van der Waals surface area contributed by atoms with Crippen LogP contribution in [0.2, 0.25) is 0 Å². The third kappa shape index (κ3) is 5.64. The molecule has 1 saturated heterocycles. The molecule has 0 aliphatic carbocycles. The molecule has 1 N–H and O–H groups in total. The Kier molecular flexibility index (Phi) is 6.58. The SMILES string of the molecule is O=C(NCc1cccc(F)c1)C1CCN(C(=O)CCc2ccccc2)CC1. The van der Waals surface area contributed by atoms with Crippen molar-refractivity contribution in [1.29, 1.82) is 0 Å². The first-order valence-corrected chi connectivity index (χ1v) is 9.45. The van der Waals surface area contributed by atoms with Crippen molar-refractivity contribution < 1.29 is 14.0 Å². The van der Waals surface area contributed by atoms with Crippen LogP contribution in [0.25, 0.3) is 0 Å². The Balaban J connectivity index is 1.40. The van der Waals surface area contributed by atoms with E-state index in [9.17, 15) is 14.0 Å². The van der Waals surface area contributed by atoms with Crippen LogP contribution in [0.1, 0.15) is 30.4 Å². The number of amides is 2. The molecule has 0 aromatic heterocycles. The molecule has 1 heterocycles. The molecule has 0 spiro atoms. The Morgan fingerprint density at radius 2 is 1.70 bits per heavy atom. The molecule has 4 nitrogen and oxygen atoms in total. The molecule has 5 heteroatoms. The van der Waals surface area contributed by atoms with Crippen LogP contribution in [0.3, 0.4) is 0 Å². The molecule has 0 bridgehead atoms. The molecular weight excluding hydrogens is 343 g/mol. The minimum Gasteiger partial charge on any atom is -0.352 e. The number of aryl methyl sites for hydroxylation is 1. The summed E-state index contributed by atoms with van der Waals surface area (Å²) in [4.78, 5) is 26.6. The van der Waals surface area contributed by atoms with Crippen molar-refractivity contribution >= 4 is 11.8 Å². The normalized spacial score (nSPS) is 14.8. The van der Waals surface area contributed by atoms with E-state index in [2.05, 4.69) is 5.32 Å². The quantitative estimate of drug-likeness (QED) is 0.850. The van der Waals surface area contributed by atoms with Crippen molar-refractivity contribution in [3.8, 4) is 0 Å². The minimum atomic E-state index is -0.302. The second-order valence-corrected chi connectivity index (χ2v) is 6.99. The first-order valence-electron chi connectivity index (χ1n) is 9.45. The van der Waals surface area contributed by atoms with Gasteiger partial charge >= 0.3 is 0 Å². The number of hydrogen-bond donors (Lipinski definition) is 1. The molecule has 0 radical (unpaired) electrons. The summed E-state index contributed by atoms with van der Waals surface area (Å²) in [5.74, 6) is -0.256. The lowest BCUT2D eigenvalue weighted by Gasteiger charge is -2.31. The summed E-state index contributed by atoms with van der Waals surface area (Å²) in [5.41, 5.74) is 1.91. The van der Waals surface area contributed by atoms with Gasteiger partial charge in [-0.2, -0.15) is 0 Å². The van der Waals surface area contributed by atoms with E-state index in [1.165, 1.54) is 12.1 Å². The molecule has 2 aromatic rings. The van der Waals surface area contributed by atoms with Gasteiger partial charge in [0.05, 0.1) is 0 Å². The highest BCUT2D eigenvalue weighted by molar-refractivity contribution is 5.80. The van der Waals surface area contributed by atoms with Gasteiger partial charge in [-0.15, -0.1) is 0 Å². The maximum atomic E-state index is 13.2. The molecule has 1 fully saturated rings. The zero-order valence-corrected chi connectivity index (χ0v) is 15.4. The number of carbonyl (C=O) groups is 2. The van der Waals surface area contributed by atoms with E-state index in [-0.39, 0.29) is 23.5 Å². The van der Waals surface area contributed by atoms with Gasteiger partial charge < -0.3 is 10.2 Å². The Morgan fingerprint density at radius 1 is 1.00 bits per heavy atom. The summed E-state index contributed by atoms with van der Waals surface area (Å²) in [5, 5.41) is 2.88. The zero-order valence-electron chi connectivity index (χ0n) is 15.4. The van der Waals surface area contributed by atoms with Crippen LogP contribution in [-0.4, -0.2) is 29.8 Å². The number of nitrogens with zero attached hydrogens (tertiary/aromatic N) is 1.